The van der Waals surface area contributed by atoms with Gasteiger partial charge in [0.1, 0.15) is 5.60 Å². The molecule has 1 unspecified atom stereocenters. The average Bonchev–Trinajstić information content (AvgIpc) is 2.93. The molecule has 0 spiro atoms. The van der Waals surface area contributed by atoms with E-state index in [1.165, 1.54) is 28.4 Å². The zero-order valence-electron chi connectivity index (χ0n) is 16.4. The predicted molar refractivity (Wildman–Crippen MR) is 107 cm³/mol. The molecule has 0 amide bonds. The summed E-state index contributed by atoms with van der Waals surface area (Å²) in [4.78, 5) is 17.9. The van der Waals surface area contributed by atoms with Crippen molar-refractivity contribution in [3.8, 4) is 0 Å². The average molecular weight is 379 g/mol. The number of carboxylic acid groups (broad SMARTS) is 1. The van der Waals surface area contributed by atoms with Crippen LogP contribution in [0.4, 0.5) is 0 Å². The Morgan fingerprint density at radius 1 is 1.32 bits per heavy atom. The second-order valence-corrected chi connectivity index (χ2v) is 8.00. The van der Waals surface area contributed by atoms with Crippen LogP contribution in [0.15, 0.2) is 36.5 Å². The molecule has 6 nitrogen and oxygen atoms in total. The molecule has 6 heteroatoms. The lowest BCUT2D eigenvalue weighted by Crippen LogP contribution is -2.33. The number of benzene rings is 1. The highest BCUT2D eigenvalue weighted by atomic mass is 16.4. The molecular formula is C22H25N3O3. The number of aromatic carboxylic acids is 1. The third-order valence-electron chi connectivity index (χ3n) is 5.66. The fourth-order valence-electron chi connectivity index (χ4n) is 4.28. The number of nitrogens with zero attached hydrogens (tertiary/aromatic N) is 3. The van der Waals surface area contributed by atoms with Crippen LogP contribution in [0.1, 0.15) is 39.8 Å². The normalized spacial score (nSPS) is 16.7. The standard InChI is InChI=1S/C22H25N3O3/c1-14-6-7-18-15(11-14)16-12-24(3)10-8-19(16)25(18)13-22(2,28)17-5-4-9-23-20(17)21(26)27/h4-7,9,11,28H,8,10,12-13H2,1-3H3,(H,26,27). The lowest BCUT2D eigenvalue weighted by molar-refractivity contribution is 0.0349. The minimum absolute atomic E-state index is 0.103. The number of aliphatic hydroxyl groups is 1. The molecule has 3 heterocycles. The summed E-state index contributed by atoms with van der Waals surface area (Å²) in [5.41, 5.74) is 3.66. The molecule has 0 saturated heterocycles. The van der Waals surface area contributed by atoms with E-state index in [1.54, 1.807) is 19.1 Å². The highest BCUT2D eigenvalue weighted by molar-refractivity contribution is 5.88. The molecule has 4 rings (SSSR count). The van der Waals surface area contributed by atoms with Crippen molar-refractivity contribution in [1.82, 2.24) is 14.5 Å². The van der Waals surface area contributed by atoms with Crippen molar-refractivity contribution in [1.29, 1.82) is 0 Å². The Kier molecular flexibility index (Phi) is 4.48. The van der Waals surface area contributed by atoms with Gasteiger partial charge in [-0.15, -0.1) is 0 Å². The van der Waals surface area contributed by atoms with Gasteiger partial charge in [0, 0.05) is 47.9 Å². The monoisotopic (exact) mass is 379 g/mol. The zero-order chi connectivity index (χ0) is 20.1. The lowest BCUT2D eigenvalue weighted by Gasteiger charge is -2.29. The molecular weight excluding hydrogens is 354 g/mol. The number of rotatable bonds is 4. The topological polar surface area (TPSA) is 78.6 Å². The predicted octanol–water partition coefficient (Wildman–Crippen LogP) is 2.94. The Morgan fingerprint density at radius 3 is 2.86 bits per heavy atom. The van der Waals surface area contributed by atoms with Crippen molar-refractivity contribution in [3.63, 3.8) is 0 Å². The van der Waals surface area contributed by atoms with Gasteiger partial charge in [-0.2, -0.15) is 0 Å². The van der Waals surface area contributed by atoms with Gasteiger partial charge in [0.05, 0.1) is 6.54 Å². The van der Waals surface area contributed by atoms with E-state index in [0.717, 1.165) is 25.0 Å². The van der Waals surface area contributed by atoms with E-state index < -0.39 is 11.6 Å². The SMILES string of the molecule is Cc1ccc2c(c1)c1c(n2CC(C)(O)c2cccnc2C(=O)O)CCN(C)C1. The van der Waals surface area contributed by atoms with Gasteiger partial charge in [0.2, 0.25) is 0 Å². The summed E-state index contributed by atoms with van der Waals surface area (Å²) in [6, 6.07) is 9.69. The summed E-state index contributed by atoms with van der Waals surface area (Å²) >= 11 is 0. The first-order chi connectivity index (χ1) is 13.3. The number of carbonyl (C=O) groups is 1. The highest BCUT2D eigenvalue weighted by Gasteiger charge is 2.32. The zero-order valence-corrected chi connectivity index (χ0v) is 16.4. The summed E-state index contributed by atoms with van der Waals surface area (Å²) in [6.45, 7) is 5.85. The maximum atomic E-state index is 11.6. The Labute approximate surface area is 164 Å². The summed E-state index contributed by atoms with van der Waals surface area (Å²) < 4.78 is 2.16. The molecule has 0 saturated carbocycles. The Bertz CT molecular complexity index is 1070. The Hall–Kier alpha value is -2.70. The van der Waals surface area contributed by atoms with Crippen molar-refractivity contribution in [2.45, 2.75) is 39.0 Å². The summed E-state index contributed by atoms with van der Waals surface area (Å²) in [5.74, 6) is -1.13. The number of likely N-dealkylation sites (N-methyl/N-ethyl adjacent to an activating group) is 1. The van der Waals surface area contributed by atoms with Gasteiger partial charge in [-0.25, -0.2) is 9.78 Å². The van der Waals surface area contributed by atoms with Crippen molar-refractivity contribution in [2.24, 2.45) is 0 Å². The minimum Gasteiger partial charge on any atom is -0.477 e. The number of carboxylic acids is 1. The fourth-order valence-corrected chi connectivity index (χ4v) is 4.28. The van der Waals surface area contributed by atoms with Crippen LogP contribution in [0.2, 0.25) is 0 Å². The van der Waals surface area contributed by atoms with Crippen LogP contribution >= 0.6 is 0 Å². The molecule has 2 N–H and O–H groups in total. The second-order valence-electron chi connectivity index (χ2n) is 8.00. The molecule has 1 aliphatic heterocycles. The first kappa shape index (κ1) is 18.7. The number of hydrogen-bond donors (Lipinski definition) is 2. The Balaban J connectivity index is 1.85. The molecule has 0 bridgehead atoms. The smallest absolute Gasteiger partial charge is 0.354 e. The maximum Gasteiger partial charge on any atom is 0.354 e. The van der Waals surface area contributed by atoms with Gasteiger partial charge in [-0.3, -0.25) is 0 Å². The minimum atomic E-state index is -1.37. The van der Waals surface area contributed by atoms with Crippen LogP contribution in [0.25, 0.3) is 10.9 Å². The van der Waals surface area contributed by atoms with Crippen LogP contribution in [0.5, 0.6) is 0 Å². The molecule has 1 atom stereocenters. The van der Waals surface area contributed by atoms with Crippen LogP contribution in [0, 0.1) is 6.92 Å². The van der Waals surface area contributed by atoms with Crippen molar-refractivity contribution in [2.75, 3.05) is 13.6 Å². The third kappa shape index (κ3) is 3.08. The van der Waals surface area contributed by atoms with E-state index in [0.29, 0.717) is 5.56 Å². The van der Waals surface area contributed by atoms with Crippen molar-refractivity contribution >= 4 is 16.9 Å². The van der Waals surface area contributed by atoms with E-state index >= 15 is 0 Å². The first-order valence-electron chi connectivity index (χ1n) is 9.48. The molecule has 3 aromatic rings. The number of aryl methyl sites for hydroxylation is 1. The van der Waals surface area contributed by atoms with Gasteiger partial charge in [0.25, 0.3) is 0 Å². The molecule has 28 heavy (non-hydrogen) atoms. The first-order valence-corrected chi connectivity index (χ1v) is 9.48. The van der Waals surface area contributed by atoms with E-state index in [-0.39, 0.29) is 12.2 Å². The number of aromatic nitrogens is 2. The van der Waals surface area contributed by atoms with Crippen LogP contribution < -0.4 is 0 Å². The summed E-state index contributed by atoms with van der Waals surface area (Å²) in [7, 11) is 2.12. The van der Waals surface area contributed by atoms with Crippen molar-refractivity contribution < 1.29 is 15.0 Å². The summed E-state index contributed by atoms with van der Waals surface area (Å²) in [6.07, 6.45) is 2.34. The molecule has 0 fully saturated rings. The Morgan fingerprint density at radius 2 is 2.11 bits per heavy atom. The molecule has 1 aromatic carbocycles. The van der Waals surface area contributed by atoms with Gasteiger partial charge in [-0.05, 0) is 44.7 Å². The second kappa shape index (κ2) is 6.72. The third-order valence-corrected chi connectivity index (χ3v) is 5.66. The van der Waals surface area contributed by atoms with E-state index in [9.17, 15) is 15.0 Å². The van der Waals surface area contributed by atoms with E-state index in [1.807, 2.05) is 0 Å². The number of pyridine rings is 1. The summed E-state index contributed by atoms with van der Waals surface area (Å²) in [5, 5.41) is 22.0. The number of fused-ring (bicyclic) bond motifs is 3. The maximum absolute atomic E-state index is 11.6. The molecule has 1 aliphatic rings. The van der Waals surface area contributed by atoms with Crippen LogP contribution in [0.3, 0.4) is 0 Å². The largest absolute Gasteiger partial charge is 0.477 e. The van der Waals surface area contributed by atoms with E-state index in [2.05, 4.69) is 46.6 Å². The quantitative estimate of drug-likeness (QED) is 0.729. The van der Waals surface area contributed by atoms with Gasteiger partial charge < -0.3 is 19.7 Å². The van der Waals surface area contributed by atoms with Crippen LogP contribution in [-0.2, 0) is 25.1 Å². The fraction of sp³-hybridized carbons (Fsp3) is 0.364. The van der Waals surface area contributed by atoms with Crippen molar-refractivity contribution in [3.05, 3.63) is 64.6 Å². The lowest BCUT2D eigenvalue weighted by atomic mass is 9.94. The van der Waals surface area contributed by atoms with E-state index in [4.69, 9.17) is 0 Å². The van der Waals surface area contributed by atoms with Gasteiger partial charge in [-0.1, -0.05) is 17.7 Å². The molecule has 0 aliphatic carbocycles. The molecule has 146 valence electrons. The van der Waals surface area contributed by atoms with Gasteiger partial charge in [0.15, 0.2) is 5.69 Å². The number of hydrogen-bond acceptors (Lipinski definition) is 4. The highest BCUT2D eigenvalue weighted by Crippen LogP contribution is 2.34. The molecule has 0 radical (unpaired) electrons. The molecule has 2 aromatic heterocycles. The van der Waals surface area contributed by atoms with Gasteiger partial charge >= 0.3 is 5.97 Å². The van der Waals surface area contributed by atoms with Crippen LogP contribution in [-0.4, -0.2) is 44.2 Å².